The zero-order valence-corrected chi connectivity index (χ0v) is 17.4. The van der Waals surface area contributed by atoms with Crippen LogP contribution in [0.1, 0.15) is 44.5 Å². The van der Waals surface area contributed by atoms with Gasteiger partial charge in [0.25, 0.3) is 0 Å². The summed E-state index contributed by atoms with van der Waals surface area (Å²) in [6.07, 6.45) is 9.95. The topological polar surface area (TPSA) is 12.9 Å². The van der Waals surface area contributed by atoms with E-state index in [0.717, 1.165) is 34.4 Å². The fourth-order valence-corrected chi connectivity index (χ4v) is 3.14. The lowest BCUT2D eigenvalue weighted by Crippen LogP contribution is -1.97. The maximum Gasteiger partial charge on any atom is 0.0535 e. The molecule has 0 aliphatic heterocycles. The van der Waals surface area contributed by atoms with Crippen molar-refractivity contribution in [3.63, 3.8) is 0 Å². The van der Waals surface area contributed by atoms with Crippen LogP contribution < -0.4 is 0 Å². The summed E-state index contributed by atoms with van der Waals surface area (Å²) in [7, 11) is 0. The van der Waals surface area contributed by atoms with E-state index in [9.17, 15) is 0 Å². The highest BCUT2D eigenvalue weighted by molar-refractivity contribution is 8.02. The third-order valence-electron chi connectivity index (χ3n) is 3.87. The summed E-state index contributed by atoms with van der Waals surface area (Å²) < 4.78 is 0. The highest BCUT2D eigenvalue weighted by Crippen LogP contribution is 2.28. The molecule has 1 unspecified atom stereocenters. The minimum Gasteiger partial charge on any atom is -0.257 e. The van der Waals surface area contributed by atoms with Gasteiger partial charge < -0.3 is 0 Å². The molecule has 25 heavy (non-hydrogen) atoms. The summed E-state index contributed by atoms with van der Waals surface area (Å²) in [4.78, 5) is 5.56. The van der Waals surface area contributed by atoms with E-state index in [1.165, 1.54) is 19.3 Å². The van der Waals surface area contributed by atoms with Gasteiger partial charge in [-0.15, -0.1) is 11.8 Å². The molecule has 0 saturated carbocycles. The first-order valence-electron chi connectivity index (χ1n) is 8.57. The average molecular weight is 396 g/mol. The Morgan fingerprint density at radius 3 is 2.68 bits per heavy atom. The molecule has 0 fully saturated rings. The second-order valence-corrected chi connectivity index (χ2v) is 8.02. The van der Waals surface area contributed by atoms with E-state index >= 15 is 0 Å². The number of halogens is 2. The smallest absolute Gasteiger partial charge is 0.0535 e. The van der Waals surface area contributed by atoms with E-state index in [2.05, 4.69) is 39.1 Å². The van der Waals surface area contributed by atoms with Gasteiger partial charge in [0.15, 0.2) is 0 Å². The van der Waals surface area contributed by atoms with Crippen molar-refractivity contribution in [2.24, 2.45) is 5.92 Å². The van der Waals surface area contributed by atoms with Gasteiger partial charge in [0.05, 0.1) is 10.7 Å². The van der Waals surface area contributed by atoms with Crippen LogP contribution in [-0.4, -0.2) is 4.98 Å². The predicted molar refractivity (Wildman–Crippen MR) is 115 cm³/mol. The number of aromatic nitrogens is 1. The Morgan fingerprint density at radius 2 is 2.00 bits per heavy atom. The maximum absolute atomic E-state index is 6.22. The summed E-state index contributed by atoms with van der Waals surface area (Å²) >= 11 is 13.5. The molecule has 136 valence electrons. The van der Waals surface area contributed by atoms with Crippen LogP contribution in [0.3, 0.4) is 0 Å². The fourth-order valence-electron chi connectivity index (χ4n) is 2.14. The predicted octanol–water partition coefficient (Wildman–Crippen LogP) is 7.63. The average Bonchev–Trinajstić information content (AvgIpc) is 2.59. The van der Waals surface area contributed by atoms with Crippen molar-refractivity contribution in [2.45, 2.75) is 45.3 Å². The van der Waals surface area contributed by atoms with Crippen molar-refractivity contribution in [3.8, 4) is 0 Å². The van der Waals surface area contributed by atoms with E-state index in [1.807, 2.05) is 6.07 Å². The van der Waals surface area contributed by atoms with Crippen molar-refractivity contribution in [1.29, 1.82) is 0 Å². The molecule has 1 aromatic heterocycles. The lowest BCUT2D eigenvalue weighted by molar-refractivity contribution is 0.494. The molecular weight excluding hydrogens is 369 g/mol. The van der Waals surface area contributed by atoms with Gasteiger partial charge in [-0.3, -0.25) is 4.98 Å². The molecule has 1 aromatic rings. The Labute approximate surface area is 166 Å². The van der Waals surface area contributed by atoms with Gasteiger partial charge in [0, 0.05) is 21.4 Å². The van der Waals surface area contributed by atoms with Gasteiger partial charge in [-0.1, -0.05) is 75.2 Å². The van der Waals surface area contributed by atoms with E-state index in [0.29, 0.717) is 10.1 Å². The maximum atomic E-state index is 6.22. The molecule has 1 atom stereocenters. The molecule has 0 N–H and O–H groups in total. The van der Waals surface area contributed by atoms with Gasteiger partial charge in [0.2, 0.25) is 0 Å². The third-order valence-corrected chi connectivity index (χ3v) is 5.47. The van der Waals surface area contributed by atoms with Crippen molar-refractivity contribution in [2.75, 3.05) is 0 Å². The van der Waals surface area contributed by atoms with Gasteiger partial charge >= 0.3 is 0 Å². The molecule has 0 aliphatic carbocycles. The quantitative estimate of drug-likeness (QED) is 0.357. The number of rotatable bonds is 11. The number of nitrogens with zero attached hydrogens (tertiary/aromatic N) is 1. The molecular formula is C21H27Cl2NS. The third kappa shape index (κ3) is 9.94. The SMILES string of the molecule is C=C(Cl)/C=C\C=C(\Cl)C(=C)SCc1cccc(CCCC(C)CC)n1. The highest BCUT2D eigenvalue weighted by atomic mass is 35.5. The van der Waals surface area contributed by atoms with Crippen molar-refractivity contribution >= 4 is 35.0 Å². The number of hydrogen-bond acceptors (Lipinski definition) is 2. The van der Waals surface area contributed by atoms with Gasteiger partial charge in [0.1, 0.15) is 0 Å². The first-order valence-corrected chi connectivity index (χ1v) is 10.3. The Balaban J connectivity index is 2.50. The van der Waals surface area contributed by atoms with Gasteiger partial charge in [-0.05, 0) is 43.0 Å². The number of aryl methyl sites for hydroxylation is 1. The Kier molecular flexibility index (Phi) is 11.0. The first kappa shape index (κ1) is 22.1. The summed E-state index contributed by atoms with van der Waals surface area (Å²) in [6.45, 7) is 12.2. The molecule has 0 amide bonds. The highest BCUT2D eigenvalue weighted by Gasteiger charge is 2.04. The summed E-state index contributed by atoms with van der Waals surface area (Å²) in [5, 5.41) is 1.07. The van der Waals surface area contributed by atoms with Crippen LogP contribution in [0.4, 0.5) is 0 Å². The Bertz CT molecular complexity index is 635. The molecule has 0 aliphatic rings. The normalized spacial score (nSPS) is 13.2. The molecule has 1 rings (SSSR count). The van der Waals surface area contributed by atoms with Crippen LogP contribution in [0.25, 0.3) is 0 Å². The monoisotopic (exact) mass is 395 g/mol. The standard InChI is InChI=1S/C21H27Cl2NS/c1-5-16(2)9-6-11-19-12-8-13-20(24-19)15-25-18(4)21(23)14-7-10-17(3)22/h7-8,10,12-14,16H,3-6,9,11,15H2,1-2H3/b10-7-,21-14+. The molecule has 0 bridgehead atoms. The van der Waals surface area contributed by atoms with E-state index < -0.39 is 0 Å². The van der Waals surface area contributed by atoms with E-state index in [1.54, 1.807) is 30.0 Å². The zero-order valence-electron chi connectivity index (χ0n) is 15.1. The van der Waals surface area contributed by atoms with Crippen LogP contribution in [-0.2, 0) is 12.2 Å². The Morgan fingerprint density at radius 1 is 1.28 bits per heavy atom. The molecule has 0 spiro atoms. The van der Waals surface area contributed by atoms with Crippen LogP contribution in [0.2, 0.25) is 0 Å². The number of thioether (sulfide) groups is 1. The number of allylic oxidation sites excluding steroid dienone is 5. The molecule has 1 heterocycles. The van der Waals surface area contributed by atoms with Crippen molar-refractivity contribution in [1.82, 2.24) is 4.98 Å². The fraction of sp³-hybridized carbons (Fsp3) is 0.381. The largest absolute Gasteiger partial charge is 0.257 e. The summed E-state index contributed by atoms with van der Waals surface area (Å²) in [5.74, 6) is 1.55. The molecule has 0 aromatic carbocycles. The molecule has 1 nitrogen and oxygen atoms in total. The van der Waals surface area contributed by atoms with Crippen LogP contribution >= 0.6 is 35.0 Å². The van der Waals surface area contributed by atoms with Gasteiger partial charge in [-0.25, -0.2) is 0 Å². The van der Waals surface area contributed by atoms with Crippen molar-refractivity contribution in [3.05, 3.63) is 75.9 Å². The lowest BCUT2D eigenvalue weighted by Gasteiger charge is -2.08. The first-order chi connectivity index (χ1) is 11.9. The van der Waals surface area contributed by atoms with Crippen LogP contribution in [0.5, 0.6) is 0 Å². The second-order valence-electron chi connectivity index (χ2n) is 6.06. The summed E-state index contributed by atoms with van der Waals surface area (Å²) in [6, 6.07) is 6.24. The van der Waals surface area contributed by atoms with E-state index in [4.69, 9.17) is 28.2 Å². The van der Waals surface area contributed by atoms with Crippen LogP contribution in [0.15, 0.2) is 64.6 Å². The Hall–Kier alpha value is -0.960. The minimum atomic E-state index is 0.466. The number of hydrogen-bond donors (Lipinski definition) is 0. The van der Waals surface area contributed by atoms with Gasteiger partial charge in [-0.2, -0.15) is 0 Å². The zero-order chi connectivity index (χ0) is 18.7. The molecule has 0 radical (unpaired) electrons. The number of pyridine rings is 1. The minimum absolute atomic E-state index is 0.466. The van der Waals surface area contributed by atoms with E-state index in [-0.39, 0.29) is 0 Å². The lowest BCUT2D eigenvalue weighted by atomic mass is 10.0. The summed E-state index contributed by atoms with van der Waals surface area (Å²) in [5.41, 5.74) is 2.22. The molecule has 4 heteroatoms. The molecule has 0 saturated heterocycles. The second kappa shape index (κ2) is 12.4. The van der Waals surface area contributed by atoms with Crippen molar-refractivity contribution < 1.29 is 0 Å². The van der Waals surface area contributed by atoms with Crippen LogP contribution in [0, 0.1) is 5.92 Å².